The molecule has 1 saturated heterocycles. The molecule has 7 nitrogen and oxygen atoms in total. The molecule has 1 aliphatic rings. The summed E-state index contributed by atoms with van der Waals surface area (Å²) in [6, 6.07) is 28.3. The van der Waals surface area contributed by atoms with E-state index in [2.05, 4.69) is 5.32 Å². The molecule has 0 saturated carbocycles. The Morgan fingerprint density at radius 3 is 2.02 bits per heavy atom. The highest BCUT2D eigenvalue weighted by molar-refractivity contribution is 7.99. The van der Waals surface area contributed by atoms with Gasteiger partial charge in [-0.2, -0.15) is 0 Å². The van der Waals surface area contributed by atoms with Crippen LogP contribution >= 0.6 is 11.8 Å². The van der Waals surface area contributed by atoms with Crippen molar-refractivity contribution in [3.05, 3.63) is 160 Å². The molecule has 268 valence electrons. The zero-order valence-corrected chi connectivity index (χ0v) is 27.9. The molecule has 0 radical (unpaired) electrons. The van der Waals surface area contributed by atoms with Gasteiger partial charge in [0, 0.05) is 29.2 Å². The quantitative estimate of drug-likeness (QED) is 0.0541. The highest BCUT2D eigenvalue weighted by Crippen LogP contribution is 2.40. The first-order chi connectivity index (χ1) is 25.0. The maximum atomic E-state index is 14.2. The van der Waals surface area contributed by atoms with E-state index in [0.29, 0.717) is 28.9 Å². The molecule has 52 heavy (non-hydrogen) atoms. The summed E-state index contributed by atoms with van der Waals surface area (Å²) in [7, 11) is 0. The molecule has 3 atom stereocenters. The van der Waals surface area contributed by atoms with Crippen molar-refractivity contribution in [1.82, 2.24) is 5.32 Å². The molecule has 1 fully saturated rings. The van der Waals surface area contributed by atoms with Crippen molar-refractivity contribution in [2.75, 3.05) is 5.75 Å². The topological polar surface area (TPSA) is 105 Å². The van der Waals surface area contributed by atoms with E-state index in [0.717, 1.165) is 21.6 Å². The summed E-state index contributed by atoms with van der Waals surface area (Å²) in [5.41, 5.74) is 2.94. The Hall–Kier alpha value is -5.08. The Morgan fingerprint density at radius 2 is 1.37 bits per heavy atom. The minimum Gasteiger partial charge on any atom is -0.478 e. The lowest BCUT2D eigenvalue weighted by atomic mass is 9.99. The van der Waals surface area contributed by atoms with Gasteiger partial charge in [-0.25, -0.2) is 26.7 Å². The highest BCUT2D eigenvalue weighted by atomic mass is 32.2. The van der Waals surface area contributed by atoms with E-state index < -0.39 is 52.8 Å². The van der Waals surface area contributed by atoms with E-state index in [1.165, 1.54) is 11.8 Å². The Kier molecular flexibility index (Phi) is 11.3. The van der Waals surface area contributed by atoms with Crippen molar-refractivity contribution in [3.8, 4) is 11.1 Å². The Balaban J connectivity index is 1.20. The molecule has 6 rings (SSSR count). The molecule has 1 aliphatic heterocycles. The van der Waals surface area contributed by atoms with Gasteiger partial charge >= 0.3 is 5.97 Å². The number of rotatable bonds is 11. The molecule has 0 aliphatic carbocycles. The number of carbonyl (C=O) groups excluding carboxylic acids is 1. The summed E-state index contributed by atoms with van der Waals surface area (Å²) in [6.45, 7) is -0.362. The van der Waals surface area contributed by atoms with Gasteiger partial charge in [0.05, 0.1) is 24.4 Å². The molecule has 0 aromatic heterocycles. The van der Waals surface area contributed by atoms with Gasteiger partial charge in [-0.3, -0.25) is 4.79 Å². The monoisotopic (exact) mass is 735 g/mol. The van der Waals surface area contributed by atoms with E-state index in [1.807, 2.05) is 48.5 Å². The van der Waals surface area contributed by atoms with Crippen LogP contribution in [0.1, 0.15) is 61.8 Å². The van der Waals surface area contributed by atoms with Crippen LogP contribution in [0.25, 0.3) is 11.1 Å². The predicted octanol–water partition coefficient (Wildman–Crippen LogP) is 8.51. The molecular formula is C39H30F5NO6S. The number of amides is 1. The second-order valence-electron chi connectivity index (χ2n) is 11.9. The molecular weight excluding hydrogens is 705 g/mol. The lowest BCUT2D eigenvalue weighted by Gasteiger charge is -2.36. The number of hydrogen-bond donors (Lipinski definition) is 3. The van der Waals surface area contributed by atoms with Crippen LogP contribution in [-0.4, -0.2) is 33.9 Å². The Bertz CT molecular complexity index is 2070. The van der Waals surface area contributed by atoms with Crippen molar-refractivity contribution >= 4 is 23.6 Å². The molecule has 1 amide bonds. The maximum absolute atomic E-state index is 14.2. The number of ether oxygens (including phenoxy) is 2. The molecule has 1 heterocycles. The summed E-state index contributed by atoms with van der Waals surface area (Å²) in [5, 5.41) is 21.0. The van der Waals surface area contributed by atoms with Gasteiger partial charge in [0.15, 0.2) is 29.6 Å². The standard InChI is InChI=1S/C39H30F5NO6S/c40-32-31(33(41)35(43)36(44)34(32)42)37(47)45-18-22-3-1-4-25(15-22)26-5-2-6-27(16-26)39-50-28(20-52-29-13-11-24(12-14-29)38(48)49)17-30(51-39)23-9-7-21(19-46)8-10-23/h1-16,28,30,39,46H,17-20H2,(H,45,47)(H,48,49)/t28-,30+,39+/m1/s1. The smallest absolute Gasteiger partial charge is 0.335 e. The van der Waals surface area contributed by atoms with E-state index in [1.54, 1.807) is 48.5 Å². The summed E-state index contributed by atoms with van der Waals surface area (Å²) < 4.78 is 82.0. The molecule has 0 bridgehead atoms. The number of nitrogens with one attached hydrogen (secondary N) is 1. The largest absolute Gasteiger partial charge is 0.478 e. The summed E-state index contributed by atoms with van der Waals surface area (Å²) in [5.74, 6) is -13.1. The summed E-state index contributed by atoms with van der Waals surface area (Å²) in [4.78, 5) is 24.6. The van der Waals surface area contributed by atoms with Crippen LogP contribution in [0.15, 0.2) is 102 Å². The molecule has 0 unspecified atom stereocenters. The SMILES string of the molecule is O=C(O)c1ccc(SC[C@H]2C[C@@H](c3ccc(CO)cc3)O[C@@H](c3cccc(-c4cccc(CNC(=O)c5c(F)c(F)c(F)c(F)c5F)c4)c3)O2)cc1. The van der Waals surface area contributed by atoms with E-state index in [4.69, 9.17) is 9.47 Å². The van der Waals surface area contributed by atoms with Crippen LogP contribution < -0.4 is 5.32 Å². The van der Waals surface area contributed by atoms with Gasteiger partial charge in [0.2, 0.25) is 5.82 Å². The second kappa shape index (κ2) is 16.1. The number of aliphatic hydroxyl groups is 1. The van der Waals surface area contributed by atoms with Gasteiger partial charge in [-0.1, -0.05) is 60.7 Å². The average molecular weight is 736 g/mol. The zero-order chi connectivity index (χ0) is 36.9. The first kappa shape index (κ1) is 36.7. The van der Waals surface area contributed by atoms with Crippen LogP contribution in [0.5, 0.6) is 0 Å². The molecule has 5 aromatic rings. The second-order valence-corrected chi connectivity index (χ2v) is 13.0. The minimum atomic E-state index is -2.35. The lowest BCUT2D eigenvalue weighted by molar-refractivity contribution is -0.245. The normalized spacial score (nSPS) is 17.2. The number of hydrogen-bond acceptors (Lipinski definition) is 6. The van der Waals surface area contributed by atoms with Crippen LogP contribution in [0.3, 0.4) is 0 Å². The fourth-order valence-corrected chi connectivity index (χ4v) is 6.63. The molecule has 13 heteroatoms. The number of carboxylic acids is 1. The third-order valence-electron chi connectivity index (χ3n) is 8.46. The fourth-order valence-electron chi connectivity index (χ4n) is 5.71. The third-order valence-corrected chi connectivity index (χ3v) is 9.61. The molecule has 3 N–H and O–H groups in total. The van der Waals surface area contributed by atoms with E-state index in [9.17, 15) is 41.8 Å². The number of aliphatic hydroxyl groups excluding tert-OH is 1. The number of aromatic carboxylic acids is 1. The van der Waals surface area contributed by atoms with Crippen LogP contribution in [0.4, 0.5) is 22.0 Å². The number of carbonyl (C=O) groups is 2. The number of benzene rings is 5. The average Bonchev–Trinajstić information content (AvgIpc) is 3.18. The fraction of sp³-hybridized carbons (Fsp3) is 0.179. The van der Waals surface area contributed by atoms with Crippen LogP contribution in [0.2, 0.25) is 0 Å². The van der Waals surface area contributed by atoms with Crippen LogP contribution in [-0.2, 0) is 22.6 Å². The van der Waals surface area contributed by atoms with Crippen molar-refractivity contribution in [2.24, 2.45) is 0 Å². The first-order valence-corrected chi connectivity index (χ1v) is 17.0. The highest BCUT2D eigenvalue weighted by Gasteiger charge is 2.33. The van der Waals surface area contributed by atoms with Gasteiger partial charge in [0.1, 0.15) is 5.56 Å². The Labute approximate surface area is 299 Å². The molecule has 5 aromatic carbocycles. The number of thioether (sulfide) groups is 1. The van der Waals surface area contributed by atoms with Gasteiger partial charge < -0.3 is 25.0 Å². The van der Waals surface area contributed by atoms with Gasteiger partial charge in [0.25, 0.3) is 5.91 Å². The lowest BCUT2D eigenvalue weighted by Crippen LogP contribution is -2.31. The van der Waals surface area contributed by atoms with Gasteiger partial charge in [-0.05, 0) is 64.2 Å². The van der Waals surface area contributed by atoms with Gasteiger partial charge in [-0.15, -0.1) is 11.8 Å². The van der Waals surface area contributed by atoms with Crippen molar-refractivity contribution in [3.63, 3.8) is 0 Å². The van der Waals surface area contributed by atoms with Crippen molar-refractivity contribution in [1.29, 1.82) is 0 Å². The maximum Gasteiger partial charge on any atom is 0.335 e. The number of halogens is 5. The predicted molar refractivity (Wildman–Crippen MR) is 182 cm³/mol. The van der Waals surface area contributed by atoms with Crippen LogP contribution in [0, 0.1) is 29.1 Å². The zero-order valence-electron chi connectivity index (χ0n) is 27.1. The third kappa shape index (κ3) is 8.18. The van der Waals surface area contributed by atoms with E-state index in [-0.39, 0.29) is 30.9 Å². The molecule has 0 spiro atoms. The number of carboxylic acid groups (broad SMARTS) is 1. The van der Waals surface area contributed by atoms with E-state index >= 15 is 0 Å². The Morgan fingerprint density at radius 1 is 0.731 bits per heavy atom. The first-order valence-electron chi connectivity index (χ1n) is 16.0. The summed E-state index contributed by atoms with van der Waals surface area (Å²) in [6.07, 6.45) is -0.855. The van der Waals surface area contributed by atoms with Crippen molar-refractivity contribution < 1.29 is 51.2 Å². The minimum absolute atomic E-state index is 0.0941. The summed E-state index contributed by atoms with van der Waals surface area (Å²) >= 11 is 1.53. The van der Waals surface area contributed by atoms with Crippen molar-refractivity contribution in [2.45, 2.75) is 43.0 Å².